The zero-order valence-electron chi connectivity index (χ0n) is 20.1. The van der Waals surface area contributed by atoms with E-state index in [-0.39, 0.29) is 22.0 Å². The number of rotatable bonds is 6. The van der Waals surface area contributed by atoms with Gasteiger partial charge in [-0.3, -0.25) is 19.8 Å². The number of halogens is 1. The van der Waals surface area contributed by atoms with E-state index >= 15 is 0 Å². The highest BCUT2D eigenvalue weighted by atomic mass is 79.9. The number of nitrogens with one attached hydrogen (secondary N) is 1. The molecule has 0 bridgehead atoms. The third-order valence-electron chi connectivity index (χ3n) is 5.61. The van der Waals surface area contributed by atoms with Crippen LogP contribution in [-0.2, 0) is 14.8 Å². The molecule has 0 spiro atoms. The van der Waals surface area contributed by atoms with Gasteiger partial charge in [0.25, 0.3) is 5.69 Å². The van der Waals surface area contributed by atoms with E-state index in [1.807, 2.05) is 0 Å². The van der Waals surface area contributed by atoms with Gasteiger partial charge in [0.15, 0.2) is 0 Å². The Morgan fingerprint density at radius 1 is 1.14 bits per heavy atom. The number of likely N-dealkylation sites (tertiary alicyclic amines) is 1. The normalized spacial score (nSPS) is 20.9. The number of nitro benzene ring substituents is 1. The van der Waals surface area contributed by atoms with Crippen LogP contribution in [0.2, 0.25) is 0 Å². The van der Waals surface area contributed by atoms with Gasteiger partial charge in [0.05, 0.1) is 15.9 Å². The Hall–Kier alpha value is -2.83. The zero-order chi connectivity index (χ0) is 26.7. The second kappa shape index (κ2) is 11.1. The molecule has 3 atom stereocenters. The highest BCUT2D eigenvalue weighted by Crippen LogP contribution is 2.36. The van der Waals surface area contributed by atoms with Crippen molar-refractivity contribution < 1.29 is 27.7 Å². The van der Waals surface area contributed by atoms with Crippen molar-refractivity contribution in [3.05, 3.63) is 69.8 Å². The molecular formula is C24H28BrN3O7S. The zero-order valence-corrected chi connectivity index (χ0v) is 22.5. The van der Waals surface area contributed by atoms with Gasteiger partial charge in [-0.2, -0.15) is 0 Å². The monoisotopic (exact) mass is 581 g/mol. The fraction of sp³-hybridized carbons (Fsp3) is 0.417. The molecule has 0 aromatic heterocycles. The lowest BCUT2D eigenvalue weighted by Crippen LogP contribution is -2.47. The fourth-order valence-corrected chi connectivity index (χ4v) is 6.07. The lowest BCUT2D eigenvalue weighted by Gasteiger charge is -2.35. The van der Waals surface area contributed by atoms with Crippen LogP contribution in [0.3, 0.4) is 0 Å². The van der Waals surface area contributed by atoms with Crippen molar-refractivity contribution in [2.75, 3.05) is 6.54 Å². The lowest BCUT2D eigenvalue weighted by molar-refractivity contribution is -0.384. The van der Waals surface area contributed by atoms with Gasteiger partial charge < -0.3 is 4.74 Å². The van der Waals surface area contributed by atoms with Crippen LogP contribution in [-0.4, -0.2) is 53.6 Å². The van der Waals surface area contributed by atoms with E-state index in [4.69, 9.17) is 4.74 Å². The first-order chi connectivity index (χ1) is 16.8. The Balaban J connectivity index is 1.92. The summed E-state index contributed by atoms with van der Waals surface area (Å²) in [6.07, 6.45) is 1.09. The topological polar surface area (TPSA) is 136 Å². The van der Waals surface area contributed by atoms with Gasteiger partial charge in [-0.1, -0.05) is 40.2 Å². The van der Waals surface area contributed by atoms with Gasteiger partial charge in [-0.05, 0) is 51.3 Å². The van der Waals surface area contributed by atoms with Crippen molar-refractivity contribution in [3.63, 3.8) is 0 Å². The SMILES string of the molecule is CC(C)(C)OC(=O)N1C[C@H](NS(=O)(=O)c2ccc([N+](=O)[O-])cc2)CC[C@H](Br)[C@H]1c1ccc(C=O)cc1. The standard InChI is InChI=1S/C24H28BrN3O7S/c1-24(2,3)35-23(30)27-14-18(26-36(33,34)20-11-9-19(10-12-20)28(31)32)8-13-21(25)22(27)17-6-4-16(15-29)5-7-17/h4-7,9-12,15,18,21-22,26H,8,13-14H2,1-3H3/t18-,21+,22-/m1/s1. The molecule has 1 saturated heterocycles. The molecule has 1 N–H and O–H groups in total. The Bertz CT molecular complexity index is 1210. The van der Waals surface area contributed by atoms with Crippen LogP contribution < -0.4 is 4.72 Å². The van der Waals surface area contributed by atoms with Crippen LogP contribution in [0.4, 0.5) is 10.5 Å². The number of aldehydes is 1. The molecular weight excluding hydrogens is 554 g/mol. The van der Waals surface area contributed by atoms with Gasteiger partial charge in [-0.15, -0.1) is 0 Å². The number of amides is 1. The summed E-state index contributed by atoms with van der Waals surface area (Å²) in [6, 6.07) is 10.3. The molecule has 3 rings (SSSR count). The van der Waals surface area contributed by atoms with E-state index in [2.05, 4.69) is 20.7 Å². The average Bonchev–Trinajstić information content (AvgIpc) is 2.96. The van der Waals surface area contributed by atoms with Gasteiger partial charge in [0.2, 0.25) is 10.0 Å². The van der Waals surface area contributed by atoms with Crippen LogP contribution in [0.5, 0.6) is 0 Å². The predicted octanol–water partition coefficient (Wildman–Crippen LogP) is 4.59. The van der Waals surface area contributed by atoms with E-state index in [0.717, 1.165) is 24.0 Å². The number of nitrogens with zero attached hydrogens (tertiary/aromatic N) is 2. The minimum Gasteiger partial charge on any atom is -0.444 e. The number of sulfonamides is 1. The summed E-state index contributed by atoms with van der Waals surface area (Å²) in [6.45, 7) is 5.27. The highest BCUT2D eigenvalue weighted by molar-refractivity contribution is 9.09. The molecule has 194 valence electrons. The molecule has 1 fully saturated rings. The van der Waals surface area contributed by atoms with Crippen LogP contribution in [0.1, 0.15) is 55.6 Å². The lowest BCUT2D eigenvalue weighted by atomic mass is 9.99. The van der Waals surface area contributed by atoms with E-state index in [1.165, 1.54) is 17.0 Å². The van der Waals surface area contributed by atoms with Crippen LogP contribution in [0.15, 0.2) is 53.4 Å². The molecule has 36 heavy (non-hydrogen) atoms. The maximum absolute atomic E-state index is 13.3. The van der Waals surface area contributed by atoms with Crippen molar-refractivity contribution in [3.8, 4) is 0 Å². The minimum atomic E-state index is -4.02. The Kier molecular flexibility index (Phi) is 8.52. The summed E-state index contributed by atoms with van der Waals surface area (Å²) >= 11 is 3.68. The molecule has 1 amide bonds. The van der Waals surface area contributed by atoms with E-state index < -0.39 is 38.7 Å². The summed E-state index contributed by atoms with van der Waals surface area (Å²) in [4.78, 5) is 35.8. The number of alkyl halides is 1. The van der Waals surface area contributed by atoms with E-state index in [9.17, 15) is 28.1 Å². The van der Waals surface area contributed by atoms with Gasteiger partial charge in [0.1, 0.15) is 11.9 Å². The summed E-state index contributed by atoms with van der Waals surface area (Å²) in [5, 5.41) is 10.9. The van der Waals surface area contributed by atoms with Crippen molar-refractivity contribution in [1.29, 1.82) is 0 Å². The quantitative estimate of drug-likeness (QED) is 0.228. The summed E-state index contributed by atoms with van der Waals surface area (Å²) in [5.74, 6) is 0. The largest absolute Gasteiger partial charge is 0.444 e. The molecule has 0 unspecified atom stereocenters. The molecule has 10 nitrogen and oxygen atoms in total. The first-order valence-electron chi connectivity index (χ1n) is 11.3. The van der Waals surface area contributed by atoms with Crippen molar-refractivity contribution in [1.82, 2.24) is 9.62 Å². The molecule has 2 aromatic carbocycles. The number of benzene rings is 2. The number of carbonyl (C=O) groups excluding carboxylic acids is 2. The summed E-state index contributed by atoms with van der Waals surface area (Å²) in [5.41, 5.74) is 0.276. The number of hydrogen-bond donors (Lipinski definition) is 1. The van der Waals surface area contributed by atoms with Crippen molar-refractivity contribution in [2.45, 2.75) is 61.0 Å². The molecule has 0 aliphatic carbocycles. The number of carbonyl (C=O) groups is 2. The molecule has 0 radical (unpaired) electrons. The number of non-ortho nitro benzene ring substituents is 1. The first-order valence-corrected chi connectivity index (χ1v) is 13.7. The number of ether oxygens (including phenoxy) is 1. The maximum Gasteiger partial charge on any atom is 0.410 e. The third kappa shape index (κ3) is 6.89. The molecule has 1 aliphatic rings. The maximum atomic E-state index is 13.3. The first kappa shape index (κ1) is 27.8. The molecule has 1 heterocycles. The van der Waals surface area contributed by atoms with E-state index in [1.54, 1.807) is 45.0 Å². The second-order valence-corrected chi connectivity index (χ2v) is 12.4. The summed E-state index contributed by atoms with van der Waals surface area (Å²) < 4.78 is 34.4. The third-order valence-corrected chi connectivity index (χ3v) is 8.10. The van der Waals surface area contributed by atoms with Crippen molar-refractivity contribution in [2.24, 2.45) is 0 Å². The Morgan fingerprint density at radius 3 is 2.28 bits per heavy atom. The van der Waals surface area contributed by atoms with Crippen LogP contribution in [0.25, 0.3) is 0 Å². The minimum absolute atomic E-state index is 0.0311. The summed E-state index contributed by atoms with van der Waals surface area (Å²) in [7, 11) is -4.02. The van der Waals surface area contributed by atoms with Crippen molar-refractivity contribution >= 4 is 44.0 Å². The molecule has 0 saturated carbocycles. The molecule has 2 aromatic rings. The second-order valence-electron chi connectivity index (χ2n) is 9.52. The van der Waals surface area contributed by atoms with E-state index in [0.29, 0.717) is 18.4 Å². The van der Waals surface area contributed by atoms with Gasteiger partial charge in [-0.25, -0.2) is 17.9 Å². The average molecular weight is 582 g/mol. The number of hydrogen-bond acceptors (Lipinski definition) is 7. The molecule has 1 aliphatic heterocycles. The fourth-order valence-electron chi connectivity index (χ4n) is 3.96. The van der Waals surface area contributed by atoms with Gasteiger partial charge in [0, 0.05) is 35.1 Å². The smallest absolute Gasteiger partial charge is 0.410 e. The number of nitro groups is 1. The molecule has 12 heteroatoms. The van der Waals surface area contributed by atoms with Gasteiger partial charge >= 0.3 is 6.09 Å². The Labute approximate surface area is 218 Å². The predicted molar refractivity (Wildman–Crippen MR) is 137 cm³/mol. The van der Waals surface area contributed by atoms with Crippen LogP contribution in [0, 0.1) is 10.1 Å². The highest BCUT2D eigenvalue weighted by Gasteiger charge is 2.39. The Morgan fingerprint density at radius 2 is 1.75 bits per heavy atom. The van der Waals surface area contributed by atoms with Crippen LogP contribution >= 0.6 is 15.9 Å².